The third-order valence-corrected chi connectivity index (χ3v) is 4.13. The number of rotatable bonds is 7. The standard InChI is InChI=1S/C20H25NO6/c1-6-9-27-16-8-7-13(10-17(16)24-3)18-14(19(22)25-4)11-21(2)12-15(18)20(23)26-5/h7-8,10-12,18H,6,9H2,1-5H3. The van der Waals surface area contributed by atoms with E-state index in [1.807, 2.05) is 6.92 Å². The second-order valence-corrected chi connectivity index (χ2v) is 6.01. The van der Waals surface area contributed by atoms with Crippen molar-refractivity contribution in [2.24, 2.45) is 0 Å². The summed E-state index contributed by atoms with van der Waals surface area (Å²) in [5.74, 6) is -0.565. The minimum atomic E-state index is -0.643. The van der Waals surface area contributed by atoms with Crippen LogP contribution >= 0.6 is 0 Å². The number of nitrogens with zero attached hydrogens (tertiary/aromatic N) is 1. The van der Waals surface area contributed by atoms with Gasteiger partial charge in [0.2, 0.25) is 0 Å². The SMILES string of the molecule is CCCOc1ccc(C2C(C(=O)OC)=CN(C)C=C2C(=O)OC)cc1OC. The van der Waals surface area contributed by atoms with Crippen LogP contribution in [0.4, 0.5) is 0 Å². The molecule has 7 nitrogen and oxygen atoms in total. The molecule has 0 saturated carbocycles. The third kappa shape index (κ3) is 4.42. The van der Waals surface area contributed by atoms with E-state index in [0.29, 0.717) is 34.8 Å². The van der Waals surface area contributed by atoms with Crippen molar-refractivity contribution < 1.29 is 28.5 Å². The first-order valence-corrected chi connectivity index (χ1v) is 8.59. The number of esters is 2. The lowest BCUT2D eigenvalue weighted by atomic mass is 9.83. The number of hydrogen-bond donors (Lipinski definition) is 0. The Kier molecular flexibility index (Phi) is 6.87. The van der Waals surface area contributed by atoms with Gasteiger partial charge < -0.3 is 23.8 Å². The zero-order chi connectivity index (χ0) is 20.0. The molecular formula is C20H25NO6. The highest BCUT2D eigenvalue weighted by atomic mass is 16.5. The predicted molar refractivity (Wildman–Crippen MR) is 99.5 cm³/mol. The van der Waals surface area contributed by atoms with Gasteiger partial charge in [0, 0.05) is 19.4 Å². The molecule has 1 aliphatic rings. The summed E-state index contributed by atoms with van der Waals surface area (Å²) >= 11 is 0. The molecule has 2 rings (SSSR count). The first-order valence-electron chi connectivity index (χ1n) is 8.59. The molecule has 0 fully saturated rings. The Balaban J connectivity index is 2.55. The molecule has 7 heteroatoms. The normalized spacial score (nSPS) is 14.2. The van der Waals surface area contributed by atoms with E-state index in [1.54, 1.807) is 49.7 Å². The van der Waals surface area contributed by atoms with Gasteiger partial charge in [0.15, 0.2) is 11.5 Å². The van der Waals surface area contributed by atoms with Crippen molar-refractivity contribution >= 4 is 11.9 Å². The van der Waals surface area contributed by atoms with Crippen molar-refractivity contribution in [3.05, 3.63) is 47.3 Å². The van der Waals surface area contributed by atoms with Gasteiger partial charge in [0.25, 0.3) is 0 Å². The molecule has 0 spiro atoms. The molecule has 0 aliphatic carbocycles. The molecule has 1 aliphatic heterocycles. The molecule has 146 valence electrons. The van der Waals surface area contributed by atoms with Crippen LogP contribution in [0.1, 0.15) is 24.8 Å². The lowest BCUT2D eigenvalue weighted by Gasteiger charge is -2.28. The van der Waals surface area contributed by atoms with Crippen molar-refractivity contribution in [3.63, 3.8) is 0 Å². The van der Waals surface area contributed by atoms with Crippen LogP contribution in [0.25, 0.3) is 0 Å². The van der Waals surface area contributed by atoms with Crippen molar-refractivity contribution in [3.8, 4) is 11.5 Å². The molecule has 0 aromatic heterocycles. The largest absolute Gasteiger partial charge is 0.493 e. The zero-order valence-corrected chi connectivity index (χ0v) is 16.3. The lowest BCUT2D eigenvalue weighted by Crippen LogP contribution is -2.27. The Hall–Kier alpha value is -2.96. The second kappa shape index (κ2) is 9.12. The van der Waals surface area contributed by atoms with Gasteiger partial charge in [0.1, 0.15) is 0 Å². The van der Waals surface area contributed by atoms with Crippen LogP contribution in [0.5, 0.6) is 11.5 Å². The second-order valence-electron chi connectivity index (χ2n) is 6.01. The van der Waals surface area contributed by atoms with E-state index in [-0.39, 0.29) is 0 Å². The van der Waals surface area contributed by atoms with Crippen LogP contribution < -0.4 is 9.47 Å². The van der Waals surface area contributed by atoms with E-state index < -0.39 is 17.9 Å². The maximum Gasteiger partial charge on any atom is 0.336 e. The topological polar surface area (TPSA) is 74.3 Å². The van der Waals surface area contributed by atoms with Crippen LogP contribution in [0.2, 0.25) is 0 Å². The Morgan fingerprint density at radius 1 is 1.00 bits per heavy atom. The number of ether oxygens (including phenoxy) is 4. The molecule has 0 atom stereocenters. The fraction of sp³-hybridized carbons (Fsp3) is 0.400. The predicted octanol–water partition coefficient (Wildman–Crippen LogP) is 2.63. The molecule has 1 aromatic rings. The summed E-state index contributed by atoms with van der Waals surface area (Å²) in [5, 5.41) is 0. The van der Waals surface area contributed by atoms with Gasteiger partial charge in [-0.15, -0.1) is 0 Å². The minimum absolute atomic E-state index is 0.326. The number of hydrogen-bond acceptors (Lipinski definition) is 7. The highest BCUT2D eigenvalue weighted by molar-refractivity contribution is 5.98. The van der Waals surface area contributed by atoms with Crippen LogP contribution in [-0.4, -0.2) is 51.8 Å². The van der Waals surface area contributed by atoms with E-state index in [0.717, 1.165) is 6.42 Å². The number of carbonyl (C=O) groups is 2. The molecule has 1 heterocycles. The lowest BCUT2D eigenvalue weighted by molar-refractivity contribution is -0.137. The van der Waals surface area contributed by atoms with E-state index in [4.69, 9.17) is 18.9 Å². The van der Waals surface area contributed by atoms with E-state index in [1.165, 1.54) is 14.2 Å². The molecule has 27 heavy (non-hydrogen) atoms. The fourth-order valence-electron chi connectivity index (χ4n) is 2.92. The van der Waals surface area contributed by atoms with Crippen molar-refractivity contribution in [1.29, 1.82) is 0 Å². The first kappa shape index (κ1) is 20.4. The molecule has 0 N–H and O–H groups in total. The van der Waals surface area contributed by atoms with Crippen molar-refractivity contribution in [2.75, 3.05) is 35.0 Å². The average molecular weight is 375 g/mol. The number of methoxy groups -OCH3 is 3. The Morgan fingerprint density at radius 2 is 1.59 bits per heavy atom. The van der Waals surface area contributed by atoms with Gasteiger partial charge in [-0.1, -0.05) is 13.0 Å². The summed E-state index contributed by atoms with van der Waals surface area (Å²) in [4.78, 5) is 26.4. The molecule has 0 amide bonds. The van der Waals surface area contributed by atoms with Gasteiger partial charge in [-0.3, -0.25) is 0 Å². The maximum absolute atomic E-state index is 12.4. The summed E-state index contributed by atoms with van der Waals surface area (Å²) < 4.78 is 20.9. The van der Waals surface area contributed by atoms with Crippen molar-refractivity contribution in [1.82, 2.24) is 4.90 Å². The molecule has 0 radical (unpaired) electrons. The van der Waals surface area contributed by atoms with E-state index in [2.05, 4.69) is 0 Å². The highest BCUT2D eigenvalue weighted by Gasteiger charge is 2.35. The van der Waals surface area contributed by atoms with Gasteiger partial charge in [0.05, 0.1) is 45.0 Å². The third-order valence-electron chi connectivity index (χ3n) is 4.13. The minimum Gasteiger partial charge on any atom is -0.493 e. The highest BCUT2D eigenvalue weighted by Crippen LogP contribution is 2.40. The Morgan fingerprint density at radius 3 is 2.07 bits per heavy atom. The molecule has 0 unspecified atom stereocenters. The summed E-state index contributed by atoms with van der Waals surface area (Å²) in [5.41, 5.74) is 1.34. The summed E-state index contributed by atoms with van der Waals surface area (Å²) in [6, 6.07) is 5.33. The van der Waals surface area contributed by atoms with E-state index >= 15 is 0 Å². The van der Waals surface area contributed by atoms with Gasteiger partial charge in [-0.25, -0.2) is 9.59 Å². The molecule has 1 aromatic carbocycles. The monoisotopic (exact) mass is 375 g/mol. The Bertz CT molecular complexity index is 734. The smallest absolute Gasteiger partial charge is 0.336 e. The van der Waals surface area contributed by atoms with Crippen LogP contribution in [0, 0.1) is 0 Å². The van der Waals surface area contributed by atoms with Gasteiger partial charge >= 0.3 is 11.9 Å². The fourth-order valence-corrected chi connectivity index (χ4v) is 2.92. The average Bonchev–Trinajstić information content (AvgIpc) is 2.70. The van der Waals surface area contributed by atoms with E-state index in [9.17, 15) is 9.59 Å². The first-order chi connectivity index (χ1) is 13.0. The quantitative estimate of drug-likeness (QED) is 0.678. The number of carbonyl (C=O) groups excluding carboxylic acids is 2. The summed E-state index contributed by atoms with van der Waals surface area (Å²) in [7, 11) is 5.88. The van der Waals surface area contributed by atoms with Gasteiger partial charge in [-0.2, -0.15) is 0 Å². The molecule has 0 bridgehead atoms. The van der Waals surface area contributed by atoms with Gasteiger partial charge in [-0.05, 0) is 24.1 Å². The Labute approximate surface area is 159 Å². The van der Waals surface area contributed by atoms with Crippen LogP contribution in [0.3, 0.4) is 0 Å². The molecule has 0 saturated heterocycles. The van der Waals surface area contributed by atoms with Crippen LogP contribution in [0.15, 0.2) is 41.7 Å². The van der Waals surface area contributed by atoms with Crippen LogP contribution in [-0.2, 0) is 19.1 Å². The summed E-state index contributed by atoms with van der Waals surface area (Å²) in [6.07, 6.45) is 4.14. The van der Waals surface area contributed by atoms with Crippen molar-refractivity contribution in [2.45, 2.75) is 19.3 Å². The number of benzene rings is 1. The summed E-state index contributed by atoms with van der Waals surface area (Å²) in [6.45, 7) is 2.57. The maximum atomic E-state index is 12.4. The molecular weight excluding hydrogens is 350 g/mol. The zero-order valence-electron chi connectivity index (χ0n) is 16.3.